The van der Waals surface area contributed by atoms with E-state index in [0.29, 0.717) is 11.3 Å². The Balaban J connectivity index is 1.76. The van der Waals surface area contributed by atoms with Gasteiger partial charge in [-0.15, -0.1) is 0 Å². The van der Waals surface area contributed by atoms with Crippen LogP contribution in [0.2, 0.25) is 5.02 Å². The molecular weight excluding hydrogens is 384 g/mol. The fraction of sp³-hybridized carbons (Fsp3) is 0.350. The molecule has 1 aliphatic rings. The first kappa shape index (κ1) is 19.7. The Labute approximate surface area is 165 Å². The predicted molar refractivity (Wildman–Crippen MR) is 109 cm³/mol. The lowest BCUT2D eigenvalue weighted by molar-refractivity contribution is 0.0940. The molecule has 3 rings (SSSR count). The molecule has 144 valence electrons. The van der Waals surface area contributed by atoms with Gasteiger partial charge in [0.2, 0.25) is 10.0 Å². The molecule has 1 atom stereocenters. The van der Waals surface area contributed by atoms with Gasteiger partial charge in [-0.1, -0.05) is 29.8 Å². The summed E-state index contributed by atoms with van der Waals surface area (Å²) in [4.78, 5) is 12.6. The van der Waals surface area contributed by atoms with E-state index < -0.39 is 10.0 Å². The molecule has 1 unspecified atom stereocenters. The van der Waals surface area contributed by atoms with Gasteiger partial charge in [0.05, 0.1) is 28.6 Å². The molecule has 7 heteroatoms. The van der Waals surface area contributed by atoms with Crippen LogP contribution >= 0.6 is 11.6 Å². The third-order valence-corrected chi connectivity index (χ3v) is 6.55. The summed E-state index contributed by atoms with van der Waals surface area (Å²) >= 11 is 6.24. The highest BCUT2D eigenvalue weighted by Crippen LogP contribution is 2.27. The van der Waals surface area contributed by atoms with Gasteiger partial charge >= 0.3 is 0 Å². The van der Waals surface area contributed by atoms with Gasteiger partial charge in [-0.05, 0) is 61.1 Å². The van der Waals surface area contributed by atoms with Crippen LogP contribution in [-0.2, 0) is 22.9 Å². The first-order valence-electron chi connectivity index (χ1n) is 8.83. The molecule has 0 aromatic heterocycles. The number of sulfonamides is 1. The molecule has 1 amide bonds. The van der Waals surface area contributed by atoms with E-state index in [0.717, 1.165) is 29.0 Å². The molecule has 1 aliphatic carbocycles. The van der Waals surface area contributed by atoms with Gasteiger partial charge in [0.15, 0.2) is 0 Å². The molecule has 2 aromatic carbocycles. The number of hydrogen-bond donors (Lipinski definition) is 1. The fourth-order valence-electron chi connectivity index (χ4n) is 3.29. The van der Waals surface area contributed by atoms with Crippen LogP contribution in [0.1, 0.15) is 46.4 Å². The van der Waals surface area contributed by atoms with Crippen molar-refractivity contribution in [2.45, 2.75) is 32.2 Å². The number of rotatable bonds is 5. The molecule has 27 heavy (non-hydrogen) atoms. The summed E-state index contributed by atoms with van der Waals surface area (Å²) in [5, 5.41) is 3.18. The molecule has 5 nitrogen and oxygen atoms in total. The largest absolute Gasteiger partial charge is 0.345 e. The van der Waals surface area contributed by atoms with Gasteiger partial charge in [0.1, 0.15) is 0 Å². The second-order valence-corrected chi connectivity index (χ2v) is 9.39. The molecular formula is C20H23ClN2O3S. The highest BCUT2D eigenvalue weighted by atomic mass is 35.5. The average Bonchev–Trinajstić information content (AvgIpc) is 3.07. The first-order valence-corrected chi connectivity index (χ1v) is 11.1. The zero-order valence-electron chi connectivity index (χ0n) is 15.6. The number of aryl methyl sites for hydroxylation is 2. The maximum absolute atomic E-state index is 12.6. The van der Waals surface area contributed by atoms with Crippen LogP contribution in [0, 0.1) is 0 Å². The Hall–Kier alpha value is -2.05. The molecule has 0 bridgehead atoms. The second kappa shape index (κ2) is 7.52. The normalized spacial score (nSPS) is 14.5. The van der Waals surface area contributed by atoms with E-state index in [2.05, 4.69) is 23.5 Å². The highest BCUT2D eigenvalue weighted by molar-refractivity contribution is 7.92. The van der Waals surface area contributed by atoms with Crippen LogP contribution in [0.25, 0.3) is 0 Å². The summed E-state index contributed by atoms with van der Waals surface area (Å²) in [6.45, 7) is 1.94. The Morgan fingerprint density at radius 2 is 1.85 bits per heavy atom. The Kier molecular flexibility index (Phi) is 5.49. The Bertz CT molecular complexity index is 989. The number of carbonyl (C=O) groups excluding carboxylic acids is 1. The van der Waals surface area contributed by atoms with E-state index in [1.54, 1.807) is 12.1 Å². The van der Waals surface area contributed by atoms with Gasteiger partial charge < -0.3 is 5.32 Å². The summed E-state index contributed by atoms with van der Waals surface area (Å²) in [6, 6.07) is 10.8. The van der Waals surface area contributed by atoms with Crippen LogP contribution in [-0.4, -0.2) is 27.6 Å². The van der Waals surface area contributed by atoms with Crippen LogP contribution in [0.3, 0.4) is 0 Å². The zero-order valence-corrected chi connectivity index (χ0v) is 17.2. The van der Waals surface area contributed by atoms with Gasteiger partial charge in [-0.25, -0.2) is 8.42 Å². The third kappa shape index (κ3) is 4.28. The lowest BCUT2D eigenvalue weighted by Gasteiger charge is -2.19. The van der Waals surface area contributed by atoms with Crippen LogP contribution in [0.15, 0.2) is 36.4 Å². The summed E-state index contributed by atoms with van der Waals surface area (Å²) in [5.74, 6) is -0.290. The van der Waals surface area contributed by atoms with E-state index in [4.69, 9.17) is 11.6 Å². The number of amides is 1. The fourth-order valence-corrected chi connectivity index (χ4v) is 4.05. The first-order chi connectivity index (χ1) is 12.7. The smallest absolute Gasteiger partial charge is 0.253 e. The van der Waals surface area contributed by atoms with Crippen LogP contribution in [0.5, 0.6) is 0 Å². The van der Waals surface area contributed by atoms with E-state index in [1.165, 1.54) is 30.7 Å². The van der Waals surface area contributed by atoms with Gasteiger partial charge in [0, 0.05) is 7.05 Å². The van der Waals surface area contributed by atoms with Crippen LogP contribution < -0.4 is 9.62 Å². The summed E-state index contributed by atoms with van der Waals surface area (Å²) < 4.78 is 24.4. The monoisotopic (exact) mass is 406 g/mol. The van der Waals surface area contributed by atoms with Gasteiger partial charge in [-0.2, -0.15) is 0 Å². The molecule has 0 aliphatic heterocycles. The van der Waals surface area contributed by atoms with E-state index in [1.807, 2.05) is 6.92 Å². The number of benzene rings is 2. The third-order valence-electron chi connectivity index (χ3n) is 5.03. The minimum Gasteiger partial charge on any atom is -0.345 e. The SMILES string of the molecule is CC(NC(=O)c1ccc(N(C)S(C)(=O)=O)cc1Cl)c1ccc2c(c1)CCC2. The van der Waals surface area contributed by atoms with Crippen LogP contribution in [0.4, 0.5) is 5.69 Å². The molecule has 0 saturated heterocycles. The zero-order chi connectivity index (χ0) is 19.8. The molecule has 1 N–H and O–H groups in total. The van der Waals surface area contributed by atoms with Crippen molar-refractivity contribution in [2.24, 2.45) is 0 Å². The highest BCUT2D eigenvalue weighted by Gasteiger charge is 2.19. The topological polar surface area (TPSA) is 66.5 Å². The van der Waals surface area contributed by atoms with E-state index in [-0.39, 0.29) is 17.0 Å². The standard InChI is InChI=1S/C20H23ClN2O3S/c1-13(15-8-7-14-5-4-6-16(14)11-15)22-20(24)18-10-9-17(12-19(18)21)23(2)27(3,25)26/h7-13H,4-6H2,1-3H3,(H,22,24). The van der Waals surface area contributed by atoms with E-state index >= 15 is 0 Å². The maximum Gasteiger partial charge on any atom is 0.253 e. The Morgan fingerprint density at radius 3 is 2.52 bits per heavy atom. The molecule has 0 saturated carbocycles. The number of carbonyl (C=O) groups is 1. The number of fused-ring (bicyclic) bond motifs is 1. The molecule has 2 aromatic rings. The minimum atomic E-state index is -3.39. The van der Waals surface area contributed by atoms with Crippen molar-refractivity contribution >= 4 is 33.2 Å². The summed E-state index contributed by atoms with van der Waals surface area (Å²) in [6.07, 6.45) is 4.51. The lowest BCUT2D eigenvalue weighted by Crippen LogP contribution is -2.27. The molecule has 0 spiro atoms. The van der Waals surface area contributed by atoms with Gasteiger partial charge in [0.25, 0.3) is 5.91 Å². The van der Waals surface area contributed by atoms with Crippen molar-refractivity contribution in [3.63, 3.8) is 0 Å². The van der Waals surface area contributed by atoms with Crippen molar-refractivity contribution in [1.82, 2.24) is 5.32 Å². The number of nitrogens with one attached hydrogen (secondary N) is 1. The van der Waals surface area contributed by atoms with Crippen molar-refractivity contribution in [3.05, 3.63) is 63.7 Å². The second-order valence-electron chi connectivity index (χ2n) is 6.97. The molecule has 0 fully saturated rings. The number of anilines is 1. The summed E-state index contributed by atoms with van der Waals surface area (Å²) in [7, 11) is -1.95. The molecule has 0 radical (unpaired) electrons. The molecule has 0 heterocycles. The lowest BCUT2D eigenvalue weighted by atomic mass is 10.0. The van der Waals surface area contributed by atoms with E-state index in [9.17, 15) is 13.2 Å². The number of nitrogens with zero attached hydrogens (tertiary/aromatic N) is 1. The quantitative estimate of drug-likeness (QED) is 0.822. The number of hydrogen-bond acceptors (Lipinski definition) is 3. The predicted octanol–water partition coefficient (Wildman–Crippen LogP) is 3.72. The maximum atomic E-state index is 12.6. The summed E-state index contributed by atoms with van der Waals surface area (Å²) in [5.41, 5.74) is 4.54. The van der Waals surface area contributed by atoms with Crippen molar-refractivity contribution in [3.8, 4) is 0 Å². The van der Waals surface area contributed by atoms with Crippen molar-refractivity contribution in [2.75, 3.05) is 17.6 Å². The average molecular weight is 407 g/mol. The number of halogens is 1. The minimum absolute atomic E-state index is 0.155. The van der Waals surface area contributed by atoms with Crippen molar-refractivity contribution in [1.29, 1.82) is 0 Å². The van der Waals surface area contributed by atoms with Crippen molar-refractivity contribution < 1.29 is 13.2 Å². The Morgan fingerprint density at radius 1 is 1.15 bits per heavy atom. The van der Waals surface area contributed by atoms with Gasteiger partial charge in [-0.3, -0.25) is 9.10 Å².